The molecule has 0 spiro atoms. The van der Waals surface area contributed by atoms with Gasteiger partial charge in [-0.25, -0.2) is 9.97 Å². The standard InChI is InChI=1S/C19H22N4O2/c1-22-6-8-23(9-7-22)19-20-12-15-16(21-19)10-13(11-18(15)25)14-4-2-3-5-17(14)24/h2-5,12-13,24H,6-11H2,1H3/p+1/t13-/m1/s1. The summed E-state index contributed by atoms with van der Waals surface area (Å²) in [5.41, 5.74) is 2.26. The molecule has 2 aliphatic rings. The van der Waals surface area contributed by atoms with Gasteiger partial charge in [-0.15, -0.1) is 0 Å². The second-order valence-corrected chi connectivity index (χ2v) is 7.06. The number of piperazine rings is 1. The van der Waals surface area contributed by atoms with Crippen molar-refractivity contribution in [2.45, 2.75) is 18.8 Å². The van der Waals surface area contributed by atoms with Crippen LogP contribution < -0.4 is 9.80 Å². The van der Waals surface area contributed by atoms with Gasteiger partial charge in [0.2, 0.25) is 5.95 Å². The molecule has 2 aromatic rings. The summed E-state index contributed by atoms with van der Waals surface area (Å²) in [6.07, 6.45) is 2.74. The Balaban J connectivity index is 1.62. The fourth-order valence-electron chi connectivity index (χ4n) is 3.73. The number of phenols is 1. The molecule has 25 heavy (non-hydrogen) atoms. The Hall–Kier alpha value is -2.47. The lowest BCUT2D eigenvalue weighted by Gasteiger charge is -2.31. The number of aromatic hydroxyl groups is 1. The number of nitrogens with one attached hydrogen (secondary N) is 1. The summed E-state index contributed by atoms with van der Waals surface area (Å²) >= 11 is 0. The molecule has 2 heterocycles. The first-order valence-corrected chi connectivity index (χ1v) is 8.85. The van der Waals surface area contributed by atoms with Crippen LogP contribution in [0.1, 0.15) is 34.0 Å². The first-order valence-electron chi connectivity index (χ1n) is 8.85. The number of quaternary nitrogens is 1. The lowest BCUT2D eigenvalue weighted by molar-refractivity contribution is -0.880. The van der Waals surface area contributed by atoms with E-state index in [4.69, 9.17) is 4.98 Å². The minimum absolute atomic E-state index is 0.0270. The number of rotatable bonds is 2. The van der Waals surface area contributed by atoms with Gasteiger partial charge in [0.1, 0.15) is 5.75 Å². The molecule has 0 bridgehead atoms. The minimum atomic E-state index is -0.0270. The molecule has 0 saturated carbocycles. The Bertz CT molecular complexity index is 800. The molecule has 1 saturated heterocycles. The van der Waals surface area contributed by atoms with Crippen molar-refractivity contribution in [3.63, 3.8) is 0 Å². The van der Waals surface area contributed by atoms with E-state index >= 15 is 0 Å². The number of fused-ring (bicyclic) bond motifs is 1. The maximum absolute atomic E-state index is 12.5. The number of hydrogen-bond acceptors (Lipinski definition) is 5. The Morgan fingerprint density at radius 1 is 1.20 bits per heavy atom. The monoisotopic (exact) mass is 339 g/mol. The molecule has 6 heteroatoms. The van der Waals surface area contributed by atoms with Gasteiger partial charge >= 0.3 is 0 Å². The van der Waals surface area contributed by atoms with E-state index in [0.717, 1.165) is 43.4 Å². The highest BCUT2D eigenvalue weighted by Crippen LogP contribution is 2.36. The molecule has 0 radical (unpaired) electrons. The fourth-order valence-corrected chi connectivity index (χ4v) is 3.73. The van der Waals surface area contributed by atoms with E-state index in [1.807, 2.05) is 12.1 Å². The molecule has 1 aliphatic carbocycles. The molecule has 6 nitrogen and oxygen atoms in total. The zero-order valence-corrected chi connectivity index (χ0v) is 14.4. The van der Waals surface area contributed by atoms with Gasteiger partial charge in [0.15, 0.2) is 5.78 Å². The van der Waals surface area contributed by atoms with Crippen LogP contribution in [0.4, 0.5) is 5.95 Å². The first-order chi connectivity index (χ1) is 12.1. The maximum atomic E-state index is 12.5. The van der Waals surface area contributed by atoms with Gasteiger partial charge in [0.05, 0.1) is 44.5 Å². The molecule has 1 aliphatic heterocycles. The number of carbonyl (C=O) groups excluding carboxylic acids is 1. The quantitative estimate of drug-likeness (QED) is 0.830. The van der Waals surface area contributed by atoms with E-state index in [1.54, 1.807) is 18.3 Å². The van der Waals surface area contributed by atoms with Gasteiger partial charge in [-0.2, -0.15) is 0 Å². The Morgan fingerprint density at radius 2 is 1.96 bits per heavy atom. The van der Waals surface area contributed by atoms with Crippen LogP contribution in [0.25, 0.3) is 0 Å². The average Bonchev–Trinajstić information content (AvgIpc) is 2.62. The van der Waals surface area contributed by atoms with Gasteiger partial charge in [-0.05, 0) is 18.1 Å². The van der Waals surface area contributed by atoms with E-state index in [0.29, 0.717) is 18.4 Å². The number of likely N-dealkylation sites (N-methyl/N-ethyl adjacent to an activating group) is 1. The van der Waals surface area contributed by atoms with Crippen LogP contribution >= 0.6 is 0 Å². The summed E-state index contributed by atoms with van der Waals surface area (Å²) in [5, 5.41) is 10.1. The highest BCUT2D eigenvalue weighted by molar-refractivity contribution is 5.98. The van der Waals surface area contributed by atoms with Gasteiger partial charge in [-0.1, -0.05) is 18.2 Å². The van der Waals surface area contributed by atoms with Crippen LogP contribution in [-0.2, 0) is 6.42 Å². The van der Waals surface area contributed by atoms with Crippen LogP contribution in [0.5, 0.6) is 5.75 Å². The van der Waals surface area contributed by atoms with Crippen LogP contribution in [0, 0.1) is 0 Å². The number of Topliss-reactive ketones (excluding diaryl/α,β-unsaturated/α-hetero) is 1. The van der Waals surface area contributed by atoms with Crippen LogP contribution in [0.15, 0.2) is 30.5 Å². The van der Waals surface area contributed by atoms with Crippen molar-refractivity contribution < 1.29 is 14.8 Å². The zero-order valence-electron chi connectivity index (χ0n) is 14.4. The highest BCUT2D eigenvalue weighted by Gasteiger charge is 2.30. The predicted octanol–water partition coefficient (Wildman–Crippen LogP) is 0.430. The minimum Gasteiger partial charge on any atom is -0.508 e. The molecule has 0 amide bonds. The molecule has 1 aromatic carbocycles. The molecule has 1 fully saturated rings. The van der Waals surface area contributed by atoms with Crippen molar-refractivity contribution in [1.29, 1.82) is 0 Å². The van der Waals surface area contributed by atoms with E-state index in [9.17, 15) is 9.90 Å². The van der Waals surface area contributed by atoms with Crippen molar-refractivity contribution in [2.75, 3.05) is 38.1 Å². The van der Waals surface area contributed by atoms with Crippen molar-refractivity contribution in [3.05, 3.63) is 47.3 Å². The summed E-state index contributed by atoms with van der Waals surface area (Å²) in [6, 6.07) is 7.26. The van der Waals surface area contributed by atoms with Crippen molar-refractivity contribution in [2.24, 2.45) is 0 Å². The highest BCUT2D eigenvalue weighted by atomic mass is 16.3. The largest absolute Gasteiger partial charge is 0.508 e. The average molecular weight is 339 g/mol. The number of carbonyl (C=O) groups is 1. The van der Waals surface area contributed by atoms with Crippen LogP contribution in [0.2, 0.25) is 0 Å². The number of nitrogens with zero attached hydrogens (tertiary/aromatic N) is 3. The van der Waals surface area contributed by atoms with Gasteiger partial charge in [0, 0.05) is 18.5 Å². The number of para-hydroxylation sites is 1. The molecule has 1 atom stereocenters. The number of ketones is 1. The second kappa shape index (κ2) is 6.44. The zero-order chi connectivity index (χ0) is 17.4. The van der Waals surface area contributed by atoms with Crippen molar-refractivity contribution >= 4 is 11.7 Å². The van der Waals surface area contributed by atoms with E-state index in [2.05, 4.69) is 16.9 Å². The third kappa shape index (κ3) is 3.09. The molecular formula is C19H23N4O2+. The molecule has 4 rings (SSSR count). The summed E-state index contributed by atoms with van der Waals surface area (Å²) < 4.78 is 0. The lowest BCUT2D eigenvalue weighted by atomic mass is 9.82. The molecule has 2 N–H and O–H groups in total. The summed E-state index contributed by atoms with van der Waals surface area (Å²) in [6.45, 7) is 4.00. The lowest BCUT2D eigenvalue weighted by Crippen LogP contribution is -3.12. The van der Waals surface area contributed by atoms with Crippen LogP contribution in [0.3, 0.4) is 0 Å². The maximum Gasteiger partial charge on any atom is 0.225 e. The summed E-state index contributed by atoms with van der Waals surface area (Å²) in [5.74, 6) is 1.00. The Labute approximate surface area is 147 Å². The fraction of sp³-hybridized carbons (Fsp3) is 0.421. The third-order valence-corrected chi connectivity index (χ3v) is 5.30. The van der Waals surface area contributed by atoms with Gasteiger partial charge < -0.3 is 14.9 Å². The molecule has 0 unspecified atom stereocenters. The number of hydrogen-bond donors (Lipinski definition) is 2. The predicted molar refractivity (Wildman–Crippen MR) is 94.4 cm³/mol. The normalized spacial score (nSPS) is 21.2. The van der Waals surface area contributed by atoms with E-state index in [1.165, 1.54) is 4.90 Å². The molecular weight excluding hydrogens is 316 g/mol. The van der Waals surface area contributed by atoms with Crippen LogP contribution in [-0.4, -0.2) is 54.1 Å². The van der Waals surface area contributed by atoms with Crippen molar-refractivity contribution in [3.8, 4) is 5.75 Å². The van der Waals surface area contributed by atoms with Gasteiger partial charge in [-0.3, -0.25) is 4.79 Å². The molecule has 1 aromatic heterocycles. The van der Waals surface area contributed by atoms with Gasteiger partial charge in [0.25, 0.3) is 0 Å². The second-order valence-electron chi connectivity index (χ2n) is 7.06. The number of anilines is 1. The Morgan fingerprint density at radius 3 is 2.72 bits per heavy atom. The number of phenolic OH excluding ortho intramolecular Hbond substituents is 1. The first kappa shape index (κ1) is 16.0. The SMILES string of the molecule is C[NH+]1CCN(c2ncc3c(n2)C[C@@H](c2ccccc2O)CC3=O)CC1. The molecule has 130 valence electrons. The van der Waals surface area contributed by atoms with Crippen molar-refractivity contribution in [1.82, 2.24) is 9.97 Å². The third-order valence-electron chi connectivity index (χ3n) is 5.30. The van der Waals surface area contributed by atoms with E-state index < -0.39 is 0 Å². The topological polar surface area (TPSA) is 70.8 Å². The number of benzene rings is 1. The summed E-state index contributed by atoms with van der Waals surface area (Å²) in [4.78, 5) is 25.4. The number of aromatic nitrogens is 2. The smallest absolute Gasteiger partial charge is 0.225 e. The Kier molecular flexibility index (Phi) is 4.13. The summed E-state index contributed by atoms with van der Waals surface area (Å²) in [7, 11) is 2.20. The van der Waals surface area contributed by atoms with E-state index in [-0.39, 0.29) is 17.5 Å².